The Morgan fingerprint density at radius 3 is 1.67 bits per heavy atom. The molecule has 0 spiro atoms. The van der Waals surface area contributed by atoms with Gasteiger partial charge in [-0.1, -0.05) is 63.7 Å². The molecule has 0 aliphatic rings. The highest BCUT2D eigenvalue weighted by Gasteiger charge is 2.24. The molecule has 0 aromatic heterocycles. The van der Waals surface area contributed by atoms with Gasteiger partial charge in [-0.15, -0.1) is 23.2 Å². The molecule has 0 aliphatic carbocycles. The average molecular weight is 512 g/mol. The second-order valence-electron chi connectivity index (χ2n) is 3.19. The van der Waals surface area contributed by atoms with Gasteiger partial charge in [-0.3, -0.25) is 0 Å². The van der Waals surface area contributed by atoms with E-state index in [0.29, 0.717) is 15.5 Å². The molecular formula is C9H13Br4Cl2. The lowest BCUT2D eigenvalue weighted by Gasteiger charge is -2.23. The zero-order valence-corrected chi connectivity index (χ0v) is 15.9. The Bertz CT molecular complexity index is 147. The molecule has 0 aliphatic heterocycles. The van der Waals surface area contributed by atoms with Crippen LogP contribution in [0.15, 0.2) is 0 Å². The van der Waals surface area contributed by atoms with Crippen molar-refractivity contribution < 1.29 is 0 Å². The molecule has 1 radical (unpaired) electrons. The molecule has 0 aromatic rings. The third-order valence-corrected chi connectivity index (χ3v) is 7.41. The Kier molecular flexibility index (Phi) is 12.2. The molecule has 0 N–H and O–H groups in total. The van der Waals surface area contributed by atoms with E-state index < -0.39 is 0 Å². The van der Waals surface area contributed by atoms with Crippen molar-refractivity contribution in [2.75, 3.05) is 16.5 Å². The number of halogens is 6. The summed E-state index contributed by atoms with van der Waals surface area (Å²) in [5.74, 6) is 1.77. The molecule has 0 amide bonds. The lowest BCUT2D eigenvalue weighted by Crippen LogP contribution is -2.22. The Morgan fingerprint density at radius 2 is 1.40 bits per heavy atom. The fraction of sp³-hybridized carbons (Fsp3) is 0.889. The van der Waals surface area contributed by atoms with Gasteiger partial charge in [-0.05, 0) is 18.8 Å². The third-order valence-electron chi connectivity index (χ3n) is 1.88. The maximum absolute atomic E-state index is 6.19. The van der Waals surface area contributed by atoms with Crippen LogP contribution in [0.1, 0.15) is 12.8 Å². The first-order valence-corrected chi connectivity index (χ1v) is 9.54. The van der Waals surface area contributed by atoms with Crippen LogP contribution in [-0.2, 0) is 0 Å². The highest BCUT2D eigenvalue weighted by Crippen LogP contribution is 2.31. The van der Waals surface area contributed by atoms with E-state index in [2.05, 4.69) is 63.7 Å². The molecule has 0 nitrogen and oxygen atoms in total. The predicted octanol–water partition coefficient (Wildman–Crippen LogP) is 5.50. The van der Waals surface area contributed by atoms with Crippen molar-refractivity contribution >= 4 is 86.9 Å². The Morgan fingerprint density at radius 1 is 1.00 bits per heavy atom. The van der Waals surface area contributed by atoms with Crippen LogP contribution in [0.3, 0.4) is 0 Å². The standard InChI is InChI=1S/C9H13Br4Cl2/c10-3-7(12)1-6(9(15)5-14)2-8(13)4-11/h7-9H,1-5H2. The summed E-state index contributed by atoms with van der Waals surface area (Å²) in [6.45, 7) is 0. The van der Waals surface area contributed by atoms with E-state index in [1.54, 1.807) is 0 Å². The summed E-state index contributed by atoms with van der Waals surface area (Å²) in [4.78, 5) is 0.846. The molecule has 15 heavy (non-hydrogen) atoms. The van der Waals surface area contributed by atoms with Crippen LogP contribution in [0, 0.1) is 5.92 Å². The molecular weight excluding hydrogens is 499 g/mol. The molecule has 6 heteroatoms. The van der Waals surface area contributed by atoms with Crippen LogP contribution in [-0.4, -0.2) is 31.6 Å². The SMILES string of the molecule is ClCC(Cl)[C](CC(Br)CBr)CC(Br)CBr. The Hall–Kier alpha value is 2.50. The van der Waals surface area contributed by atoms with E-state index in [1.807, 2.05) is 0 Å². The smallest absolute Gasteiger partial charge is 0.0534 e. The van der Waals surface area contributed by atoms with Gasteiger partial charge in [0.25, 0.3) is 0 Å². The van der Waals surface area contributed by atoms with Gasteiger partial charge < -0.3 is 0 Å². The monoisotopic (exact) mass is 507 g/mol. The summed E-state index contributed by atoms with van der Waals surface area (Å²) < 4.78 is 0. The fourth-order valence-electron chi connectivity index (χ4n) is 1.13. The van der Waals surface area contributed by atoms with E-state index in [0.717, 1.165) is 23.5 Å². The molecule has 0 fully saturated rings. The van der Waals surface area contributed by atoms with Crippen LogP contribution in [0.25, 0.3) is 0 Å². The first-order chi connectivity index (χ1) is 7.04. The summed E-state index contributed by atoms with van der Waals surface area (Å²) in [5.41, 5.74) is 0. The summed E-state index contributed by atoms with van der Waals surface area (Å²) in [5, 5.41) is 1.80. The van der Waals surface area contributed by atoms with Gasteiger partial charge in [-0.2, -0.15) is 0 Å². The molecule has 0 saturated heterocycles. The first kappa shape index (κ1) is 17.5. The minimum Gasteiger partial charge on any atom is -0.125 e. The second kappa shape index (κ2) is 10.4. The zero-order valence-electron chi connectivity index (χ0n) is 8.04. The number of rotatable bonds is 8. The first-order valence-electron chi connectivity index (χ1n) is 4.49. The summed E-state index contributed by atoms with van der Waals surface area (Å²) >= 11 is 26.0. The van der Waals surface area contributed by atoms with Gasteiger partial charge >= 0.3 is 0 Å². The van der Waals surface area contributed by atoms with E-state index >= 15 is 0 Å². The summed E-state index contributed by atoms with van der Waals surface area (Å²) in [7, 11) is 0. The molecule has 0 saturated carbocycles. The largest absolute Gasteiger partial charge is 0.125 e. The minimum absolute atomic E-state index is 0.0372. The van der Waals surface area contributed by atoms with E-state index in [4.69, 9.17) is 23.2 Å². The number of alkyl halides is 6. The second-order valence-corrected chi connectivity index (χ2v) is 7.91. The molecule has 0 heterocycles. The van der Waals surface area contributed by atoms with Crippen LogP contribution < -0.4 is 0 Å². The van der Waals surface area contributed by atoms with Crippen molar-refractivity contribution in [3.8, 4) is 0 Å². The Labute approximate surface area is 136 Å². The van der Waals surface area contributed by atoms with Gasteiger partial charge in [0, 0.05) is 26.2 Å². The van der Waals surface area contributed by atoms with E-state index in [9.17, 15) is 0 Å². The van der Waals surface area contributed by atoms with Crippen molar-refractivity contribution in [1.82, 2.24) is 0 Å². The lowest BCUT2D eigenvalue weighted by atomic mass is 9.95. The van der Waals surface area contributed by atoms with Gasteiger partial charge in [0.05, 0.1) is 5.38 Å². The molecule has 91 valence electrons. The molecule has 3 atom stereocenters. The van der Waals surface area contributed by atoms with Crippen LogP contribution in [0.2, 0.25) is 0 Å². The van der Waals surface area contributed by atoms with E-state index in [-0.39, 0.29) is 5.38 Å². The Balaban J connectivity index is 4.17. The molecule has 0 aromatic carbocycles. The zero-order chi connectivity index (χ0) is 11.8. The molecule has 0 bridgehead atoms. The normalized spacial score (nSPS) is 17.8. The quantitative estimate of drug-likeness (QED) is 0.377. The van der Waals surface area contributed by atoms with Crippen molar-refractivity contribution in [2.45, 2.75) is 27.9 Å². The van der Waals surface area contributed by atoms with Gasteiger partial charge in [-0.25, -0.2) is 0 Å². The summed E-state index contributed by atoms with van der Waals surface area (Å²) in [6, 6.07) is 0. The predicted molar refractivity (Wildman–Crippen MR) is 85.9 cm³/mol. The molecule has 0 rings (SSSR count). The number of hydrogen-bond donors (Lipinski definition) is 0. The van der Waals surface area contributed by atoms with Gasteiger partial charge in [0.1, 0.15) is 0 Å². The molecule has 3 unspecified atom stereocenters. The van der Waals surface area contributed by atoms with E-state index in [1.165, 1.54) is 5.92 Å². The minimum atomic E-state index is -0.0372. The van der Waals surface area contributed by atoms with Crippen LogP contribution in [0.4, 0.5) is 0 Å². The van der Waals surface area contributed by atoms with Crippen LogP contribution >= 0.6 is 86.9 Å². The highest BCUT2D eigenvalue weighted by atomic mass is 79.9. The maximum atomic E-state index is 6.19. The van der Waals surface area contributed by atoms with Crippen molar-refractivity contribution in [1.29, 1.82) is 0 Å². The average Bonchev–Trinajstić information content (AvgIpc) is 2.26. The number of hydrogen-bond acceptors (Lipinski definition) is 0. The van der Waals surface area contributed by atoms with Crippen molar-refractivity contribution in [3.05, 3.63) is 5.92 Å². The van der Waals surface area contributed by atoms with Crippen molar-refractivity contribution in [3.63, 3.8) is 0 Å². The third kappa shape index (κ3) is 8.25. The van der Waals surface area contributed by atoms with Crippen molar-refractivity contribution in [2.24, 2.45) is 0 Å². The van der Waals surface area contributed by atoms with Gasteiger partial charge in [0.2, 0.25) is 0 Å². The summed E-state index contributed by atoms with van der Waals surface area (Å²) in [6.07, 6.45) is 1.92. The lowest BCUT2D eigenvalue weighted by molar-refractivity contribution is 0.685. The van der Waals surface area contributed by atoms with Gasteiger partial charge in [0.15, 0.2) is 0 Å². The fourth-order valence-corrected chi connectivity index (χ4v) is 2.81. The highest BCUT2D eigenvalue weighted by molar-refractivity contribution is 9.12. The van der Waals surface area contributed by atoms with Crippen LogP contribution in [0.5, 0.6) is 0 Å². The topological polar surface area (TPSA) is 0 Å². The maximum Gasteiger partial charge on any atom is 0.0534 e.